The molecule has 0 spiro atoms. The number of hydrogen-bond acceptors (Lipinski definition) is 4. The van der Waals surface area contributed by atoms with Crippen LogP contribution in [-0.2, 0) is 10.2 Å². The van der Waals surface area contributed by atoms with Gasteiger partial charge < -0.3 is 5.32 Å². The fraction of sp³-hybridized carbons (Fsp3) is 0.625. The van der Waals surface area contributed by atoms with Gasteiger partial charge in [-0.3, -0.25) is 0 Å². The molecule has 1 heterocycles. The van der Waals surface area contributed by atoms with E-state index in [1.54, 1.807) is 7.05 Å². The lowest BCUT2D eigenvalue weighted by Gasteiger charge is -2.21. The van der Waals surface area contributed by atoms with Crippen LogP contribution in [0.25, 0.3) is 0 Å². The van der Waals surface area contributed by atoms with Crippen molar-refractivity contribution in [1.82, 2.24) is 18.6 Å². The van der Waals surface area contributed by atoms with Gasteiger partial charge in [0.25, 0.3) is 0 Å². The Balaban J connectivity index is 2.26. The van der Waals surface area contributed by atoms with Crippen LogP contribution in [0.1, 0.15) is 12.8 Å². The van der Waals surface area contributed by atoms with Crippen molar-refractivity contribution in [3.8, 4) is 0 Å². The van der Waals surface area contributed by atoms with Gasteiger partial charge in [0.15, 0.2) is 0 Å². The largest absolute Gasteiger partial charge is 0.310 e. The molecule has 1 aliphatic rings. The van der Waals surface area contributed by atoms with Gasteiger partial charge >= 0.3 is 10.2 Å². The lowest BCUT2D eigenvalue weighted by Crippen LogP contribution is -2.41. The van der Waals surface area contributed by atoms with Gasteiger partial charge in [-0.25, -0.2) is 8.96 Å². The first-order valence-electron chi connectivity index (χ1n) is 4.81. The lowest BCUT2D eigenvalue weighted by molar-refractivity contribution is 0.380. The van der Waals surface area contributed by atoms with Crippen LogP contribution in [0.5, 0.6) is 0 Å². The van der Waals surface area contributed by atoms with Gasteiger partial charge in [0.2, 0.25) is 0 Å². The minimum absolute atomic E-state index is 0.143. The first-order chi connectivity index (χ1) is 7.16. The molecule has 1 aliphatic carbocycles. The minimum atomic E-state index is -3.43. The van der Waals surface area contributed by atoms with Crippen molar-refractivity contribution in [2.24, 2.45) is 0 Å². The first-order valence-corrected chi connectivity index (χ1v) is 6.21. The molecule has 1 N–H and O–H groups in total. The van der Waals surface area contributed by atoms with E-state index in [2.05, 4.69) is 10.3 Å². The maximum absolute atomic E-state index is 12.1. The topological polar surface area (TPSA) is 67.2 Å². The molecular weight excluding hydrogens is 216 g/mol. The van der Waals surface area contributed by atoms with E-state index in [1.807, 2.05) is 0 Å². The molecule has 0 aliphatic heterocycles. The molecular formula is C8H14N4O2S. The molecule has 0 amide bonds. The summed E-state index contributed by atoms with van der Waals surface area (Å²) in [6.45, 7) is 0.338. The minimum Gasteiger partial charge on any atom is -0.306 e. The summed E-state index contributed by atoms with van der Waals surface area (Å²) in [7, 11) is -1.70. The summed E-state index contributed by atoms with van der Waals surface area (Å²) in [4.78, 5) is 3.75. The molecule has 0 unspecified atom stereocenters. The second-order valence-corrected chi connectivity index (χ2v) is 5.32. The van der Waals surface area contributed by atoms with Crippen LogP contribution in [-0.4, -0.2) is 41.4 Å². The molecule has 84 valence electrons. The number of aromatic nitrogens is 2. The van der Waals surface area contributed by atoms with E-state index in [1.165, 1.54) is 23.0 Å². The number of hydrogen-bond donors (Lipinski definition) is 1. The molecule has 1 aromatic rings. The molecule has 0 aromatic carbocycles. The van der Waals surface area contributed by atoms with Crippen LogP contribution < -0.4 is 5.32 Å². The maximum atomic E-state index is 12.1. The van der Waals surface area contributed by atoms with Gasteiger partial charge in [0, 0.05) is 18.4 Å². The molecule has 0 saturated heterocycles. The molecule has 1 saturated carbocycles. The fourth-order valence-electron chi connectivity index (χ4n) is 1.42. The van der Waals surface area contributed by atoms with Crippen molar-refractivity contribution in [1.29, 1.82) is 0 Å². The molecule has 0 atom stereocenters. The number of rotatable bonds is 5. The summed E-state index contributed by atoms with van der Waals surface area (Å²) < 4.78 is 26.8. The van der Waals surface area contributed by atoms with Crippen LogP contribution in [0.4, 0.5) is 0 Å². The molecule has 1 aromatic heterocycles. The van der Waals surface area contributed by atoms with Crippen LogP contribution in [0.2, 0.25) is 0 Å². The van der Waals surface area contributed by atoms with Crippen LogP contribution >= 0.6 is 0 Å². The van der Waals surface area contributed by atoms with E-state index >= 15 is 0 Å². The Morgan fingerprint density at radius 1 is 1.60 bits per heavy atom. The third-order valence-electron chi connectivity index (χ3n) is 2.31. The average Bonchev–Trinajstić information content (AvgIpc) is 2.86. The molecule has 0 bridgehead atoms. The Labute approximate surface area is 89.1 Å². The Morgan fingerprint density at radius 3 is 2.80 bits per heavy atom. The van der Waals surface area contributed by atoms with E-state index in [-0.39, 0.29) is 6.04 Å². The summed E-state index contributed by atoms with van der Waals surface area (Å²) in [5, 5.41) is 2.87. The van der Waals surface area contributed by atoms with Gasteiger partial charge in [-0.1, -0.05) is 0 Å². The van der Waals surface area contributed by atoms with Crippen molar-refractivity contribution in [2.45, 2.75) is 18.9 Å². The van der Waals surface area contributed by atoms with Gasteiger partial charge in [-0.2, -0.15) is 12.7 Å². The smallest absolute Gasteiger partial charge is 0.306 e. The Hall–Kier alpha value is -0.920. The van der Waals surface area contributed by atoms with Crippen LogP contribution in [0, 0.1) is 0 Å². The molecule has 2 rings (SSSR count). The monoisotopic (exact) mass is 230 g/mol. The highest BCUT2D eigenvalue weighted by Crippen LogP contribution is 2.29. The zero-order valence-corrected chi connectivity index (χ0v) is 9.31. The zero-order valence-electron chi connectivity index (χ0n) is 8.50. The van der Waals surface area contributed by atoms with Crippen molar-refractivity contribution in [3.05, 3.63) is 18.7 Å². The summed E-state index contributed by atoms with van der Waals surface area (Å²) in [6.07, 6.45) is 6.09. The third kappa shape index (κ3) is 2.04. The first kappa shape index (κ1) is 10.6. The summed E-state index contributed by atoms with van der Waals surface area (Å²) in [5.74, 6) is 0. The third-order valence-corrected chi connectivity index (χ3v) is 4.08. The van der Waals surface area contributed by atoms with Gasteiger partial charge in [0.05, 0.1) is 6.67 Å². The Kier molecular flexibility index (Phi) is 2.76. The highest BCUT2D eigenvalue weighted by atomic mass is 32.2. The van der Waals surface area contributed by atoms with Crippen LogP contribution in [0.3, 0.4) is 0 Å². The van der Waals surface area contributed by atoms with Gasteiger partial charge in [-0.15, -0.1) is 0 Å². The van der Waals surface area contributed by atoms with E-state index in [4.69, 9.17) is 0 Å². The Morgan fingerprint density at radius 2 is 2.33 bits per heavy atom. The molecule has 15 heavy (non-hydrogen) atoms. The number of imidazole rings is 1. The van der Waals surface area contributed by atoms with Gasteiger partial charge in [0.1, 0.15) is 6.33 Å². The summed E-state index contributed by atoms with van der Waals surface area (Å²) in [5.41, 5.74) is 0. The van der Waals surface area contributed by atoms with E-state index in [0.717, 1.165) is 16.8 Å². The normalized spacial score (nSPS) is 17.2. The molecule has 0 radical (unpaired) electrons. The summed E-state index contributed by atoms with van der Waals surface area (Å²) >= 11 is 0. The highest BCUT2D eigenvalue weighted by molar-refractivity contribution is 7.87. The van der Waals surface area contributed by atoms with Gasteiger partial charge in [-0.05, 0) is 19.9 Å². The molecule has 6 nitrogen and oxygen atoms in total. The van der Waals surface area contributed by atoms with E-state index in [9.17, 15) is 8.42 Å². The standard InChI is InChI=1S/C8H14N4O2S/c1-9-6-12(8-2-3-8)15(13,14)11-5-4-10-7-11/h4-5,7-9H,2-3,6H2,1H3. The average molecular weight is 230 g/mol. The SMILES string of the molecule is CNCN(C1CC1)S(=O)(=O)n1ccnc1. The lowest BCUT2D eigenvalue weighted by atomic mass is 10.7. The zero-order chi connectivity index (χ0) is 10.9. The molecule has 7 heteroatoms. The van der Waals surface area contributed by atoms with Crippen molar-refractivity contribution in [3.63, 3.8) is 0 Å². The van der Waals surface area contributed by atoms with Crippen molar-refractivity contribution >= 4 is 10.2 Å². The van der Waals surface area contributed by atoms with E-state index < -0.39 is 10.2 Å². The summed E-state index contributed by atoms with van der Waals surface area (Å²) in [6, 6.07) is 0.143. The highest BCUT2D eigenvalue weighted by Gasteiger charge is 2.37. The second kappa shape index (κ2) is 3.92. The van der Waals surface area contributed by atoms with E-state index in [0.29, 0.717) is 6.67 Å². The van der Waals surface area contributed by atoms with Crippen molar-refractivity contribution < 1.29 is 8.42 Å². The maximum Gasteiger partial charge on any atom is 0.310 e. The fourth-order valence-corrected chi connectivity index (χ4v) is 2.93. The number of nitrogens with one attached hydrogen (secondary N) is 1. The van der Waals surface area contributed by atoms with Crippen LogP contribution in [0.15, 0.2) is 18.7 Å². The predicted octanol–water partition coefficient (Wildman–Crippen LogP) is -0.383. The van der Waals surface area contributed by atoms with Crippen molar-refractivity contribution in [2.75, 3.05) is 13.7 Å². The second-order valence-electron chi connectivity index (χ2n) is 3.53. The predicted molar refractivity (Wildman–Crippen MR) is 55.3 cm³/mol. The quantitative estimate of drug-likeness (QED) is 0.700. The Bertz CT molecular complexity index is 410. The number of nitrogens with zero attached hydrogens (tertiary/aromatic N) is 3. The molecule has 1 fully saturated rings.